The van der Waals surface area contributed by atoms with Crippen LogP contribution in [0.5, 0.6) is 0 Å². The Morgan fingerprint density at radius 3 is 1.05 bits per heavy atom. The molecule has 2 aromatic rings. The van der Waals surface area contributed by atoms with Crippen molar-refractivity contribution in [2.24, 2.45) is 0 Å². The summed E-state index contributed by atoms with van der Waals surface area (Å²) >= 11 is 3.04. The van der Waals surface area contributed by atoms with Crippen LogP contribution >= 0.6 is 0 Å². The molecular weight excluding hydrogens is 304 g/mol. The minimum Gasteiger partial charge on any atom is -0.0555 e. The third kappa shape index (κ3) is 3.38. The maximum Gasteiger partial charge on any atom is 0.131 e. The third-order valence-corrected chi connectivity index (χ3v) is 6.97. The van der Waals surface area contributed by atoms with Crippen LogP contribution in [0.25, 0.3) is 0 Å². The average Bonchev–Trinajstić information content (AvgIpc) is 2.45. The quantitative estimate of drug-likeness (QED) is 0.500. The molecule has 3 rings (SSSR count). The summed E-state index contributed by atoms with van der Waals surface area (Å²) in [6.07, 6.45) is 0. The number of hydrogen-bond donors (Lipinski definition) is 0. The Morgan fingerprint density at radius 2 is 0.773 bits per heavy atom. The number of thiol groups is 2. The molecule has 1 aliphatic rings. The van der Waals surface area contributed by atoms with E-state index in [0.29, 0.717) is 0 Å². The average molecular weight is 331 g/mol. The topological polar surface area (TPSA) is 0 Å². The largest absolute Gasteiger partial charge is 0.131 e. The lowest BCUT2D eigenvalue weighted by Gasteiger charge is -2.12. The first-order valence-electron chi connectivity index (χ1n) is 7.99. The number of aryl methyl sites for hydroxylation is 4. The fourth-order valence-corrected chi connectivity index (χ4v) is 5.72. The normalized spacial score (nSPS) is 15.1. The molecule has 0 fully saturated rings. The Kier molecular flexibility index (Phi) is 4.89. The Balaban J connectivity index is 1.95. The van der Waals surface area contributed by atoms with Crippen molar-refractivity contribution in [1.29, 1.82) is 0 Å². The lowest BCUT2D eigenvalue weighted by molar-refractivity contribution is 1.18. The van der Waals surface area contributed by atoms with Crippen molar-refractivity contribution in [2.45, 2.75) is 50.7 Å². The lowest BCUT2D eigenvalue weighted by Crippen LogP contribution is -2.05. The number of hydrogen-bond acceptors (Lipinski definition) is 0. The summed E-state index contributed by atoms with van der Waals surface area (Å²) in [5, 5.41) is 0. The lowest BCUT2D eigenvalue weighted by atomic mass is 10.0. The van der Waals surface area contributed by atoms with Gasteiger partial charge >= 0.3 is 0 Å². The monoisotopic (exact) mass is 330 g/mol. The zero-order valence-electron chi connectivity index (χ0n) is 14.0. The first-order chi connectivity index (χ1) is 10.5. The van der Waals surface area contributed by atoms with Crippen molar-refractivity contribution >= 4 is 23.5 Å². The van der Waals surface area contributed by atoms with Gasteiger partial charge in [-0.2, -0.15) is 0 Å². The van der Waals surface area contributed by atoms with Crippen LogP contribution in [0.3, 0.4) is 0 Å². The fourth-order valence-electron chi connectivity index (χ4n) is 3.17. The van der Waals surface area contributed by atoms with Crippen molar-refractivity contribution in [1.82, 2.24) is 0 Å². The first kappa shape index (κ1) is 16.0. The highest BCUT2D eigenvalue weighted by Gasteiger charge is 2.16. The highest BCUT2D eigenvalue weighted by molar-refractivity contribution is 7.77. The van der Waals surface area contributed by atoms with Gasteiger partial charge in [-0.25, -0.2) is 0 Å². The van der Waals surface area contributed by atoms with Crippen LogP contribution in [0.1, 0.15) is 44.5 Å². The van der Waals surface area contributed by atoms with Gasteiger partial charge in [-0.15, -0.1) is 0 Å². The van der Waals surface area contributed by atoms with Gasteiger partial charge in [0.05, 0.1) is 0 Å². The molecule has 0 saturated carbocycles. The standard InChI is InChI=1S/C20H24S2/c1-13-5-14(2)18-7-17(13)9-21-11-19-8-20(12-22-10-18)16(4)6-15(19)3/h5-8H,9-12H2,1-4H3/p+2. The van der Waals surface area contributed by atoms with Crippen molar-refractivity contribution in [3.63, 3.8) is 0 Å². The summed E-state index contributed by atoms with van der Waals surface area (Å²) in [5.41, 5.74) is 12.0. The molecule has 0 nitrogen and oxygen atoms in total. The molecule has 0 amide bonds. The highest BCUT2D eigenvalue weighted by atomic mass is 32.2. The van der Waals surface area contributed by atoms with Gasteiger partial charge in [0, 0.05) is 22.3 Å². The van der Waals surface area contributed by atoms with E-state index in [1.807, 2.05) is 0 Å². The summed E-state index contributed by atoms with van der Waals surface area (Å²) in [5.74, 6) is 4.72. The van der Waals surface area contributed by atoms with Gasteiger partial charge in [-0.1, -0.05) is 12.1 Å². The molecule has 116 valence electrons. The minimum absolute atomic E-state index is 1.18. The van der Waals surface area contributed by atoms with Crippen LogP contribution in [0.15, 0.2) is 24.3 Å². The summed E-state index contributed by atoms with van der Waals surface area (Å²) in [6.45, 7) is 9.06. The molecule has 4 bridgehead atoms. The molecule has 1 heterocycles. The van der Waals surface area contributed by atoms with E-state index in [1.54, 1.807) is 22.3 Å². The Labute approximate surface area is 143 Å². The molecular formula is C20H26S2+2. The van der Waals surface area contributed by atoms with E-state index >= 15 is 0 Å². The maximum atomic E-state index is 2.47. The molecule has 0 N–H and O–H groups in total. The molecule has 0 saturated heterocycles. The summed E-state index contributed by atoms with van der Waals surface area (Å²) in [6, 6.07) is 9.72. The molecule has 0 radical (unpaired) electrons. The summed E-state index contributed by atoms with van der Waals surface area (Å²) in [4.78, 5) is 0. The van der Waals surface area contributed by atoms with Gasteiger partial charge in [0.2, 0.25) is 0 Å². The molecule has 2 aromatic carbocycles. The van der Waals surface area contributed by atoms with Gasteiger partial charge in [-0.05, 0) is 85.6 Å². The van der Waals surface area contributed by atoms with E-state index in [4.69, 9.17) is 0 Å². The number of fused-ring (bicyclic) bond motifs is 4. The van der Waals surface area contributed by atoms with E-state index in [1.165, 1.54) is 68.8 Å². The van der Waals surface area contributed by atoms with Crippen LogP contribution in [0.2, 0.25) is 0 Å². The zero-order valence-corrected chi connectivity index (χ0v) is 15.8. The summed E-state index contributed by atoms with van der Waals surface area (Å²) in [7, 11) is 0. The molecule has 0 spiro atoms. The smallest absolute Gasteiger partial charge is 0.0555 e. The fraction of sp³-hybridized carbons (Fsp3) is 0.400. The van der Waals surface area contributed by atoms with Crippen molar-refractivity contribution in [3.05, 3.63) is 68.8 Å². The second-order valence-electron chi connectivity index (χ2n) is 6.49. The molecule has 2 heteroatoms. The van der Waals surface area contributed by atoms with Gasteiger partial charge in [0.25, 0.3) is 0 Å². The maximum absolute atomic E-state index is 2.47. The van der Waals surface area contributed by atoms with Gasteiger partial charge < -0.3 is 0 Å². The Morgan fingerprint density at radius 1 is 0.500 bits per heavy atom. The molecule has 0 aliphatic carbocycles. The molecule has 0 atom stereocenters. The van der Waals surface area contributed by atoms with Crippen LogP contribution < -0.4 is 0 Å². The SMILES string of the molecule is Cc1cc(C)c2cc1C[SH+]Cc1cc(c(C)cc1C)C[SH+]C2. The third-order valence-electron chi connectivity index (χ3n) is 4.72. The first-order valence-corrected chi connectivity index (χ1v) is 10.5. The van der Waals surface area contributed by atoms with Crippen molar-refractivity contribution in [3.8, 4) is 0 Å². The second-order valence-corrected chi connectivity index (χ2v) is 8.65. The van der Waals surface area contributed by atoms with Gasteiger partial charge in [-0.3, -0.25) is 0 Å². The van der Waals surface area contributed by atoms with Crippen molar-refractivity contribution in [2.75, 3.05) is 0 Å². The van der Waals surface area contributed by atoms with Gasteiger partial charge in [0.15, 0.2) is 0 Å². The van der Waals surface area contributed by atoms with E-state index in [-0.39, 0.29) is 0 Å². The number of benzene rings is 2. The molecule has 22 heavy (non-hydrogen) atoms. The van der Waals surface area contributed by atoms with E-state index < -0.39 is 0 Å². The summed E-state index contributed by atoms with van der Waals surface area (Å²) < 4.78 is 0. The van der Waals surface area contributed by atoms with Crippen molar-refractivity contribution < 1.29 is 0 Å². The van der Waals surface area contributed by atoms with Crippen LogP contribution in [-0.4, -0.2) is 0 Å². The number of rotatable bonds is 0. The predicted octanol–water partition coefficient (Wildman–Crippen LogP) is 4.26. The Bertz CT molecular complexity index is 589. The van der Waals surface area contributed by atoms with Gasteiger partial charge in [0.1, 0.15) is 23.0 Å². The molecule has 0 aromatic heterocycles. The highest BCUT2D eigenvalue weighted by Crippen LogP contribution is 2.23. The van der Waals surface area contributed by atoms with Crippen LogP contribution in [-0.2, 0) is 46.5 Å². The molecule has 1 aliphatic heterocycles. The minimum atomic E-state index is 1.18. The molecule has 0 unspecified atom stereocenters. The van der Waals surface area contributed by atoms with E-state index in [2.05, 4.69) is 52.0 Å². The van der Waals surface area contributed by atoms with Crippen LogP contribution in [0, 0.1) is 27.7 Å². The van der Waals surface area contributed by atoms with Crippen LogP contribution in [0.4, 0.5) is 0 Å². The Hall–Kier alpha value is -0.860. The van der Waals surface area contributed by atoms with E-state index in [9.17, 15) is 0 Å². The predicted molar refractivity (Wildman–Crippen MR) is 104 cm³/mol. The second kappa shape index (κ2) is 6.72. The van der Waals surface area contributed by atoms with E-state index in [0.717, 1.165) is 0 Å². The zero-order chi connectivity index (χ0) is 15.7.